The Labute approximate surface area is 210 Å². The molecule has 0 bridgehead atoms. The van der Waals surface area contributed by atoms with E-state index in [1.54, 1.807) is 0 Å². The normalized spacial score (nSPS) is 12.1. The molecule has 0 amide bonds. The van der Waals surface area contributed by atoms with Crippen molar-refractivity contribution >= 4 is 28.5 Å². The molecule has 0 aliphatic rings. The lowest BCUT2D eigenvalue weighted by atomic mass is 10.1. The molecule has 0 saturated heterocycles. The lowest BCUT2D eigenvalue weighted by Crippen LogP contribution is -2.15. The van der Waals surface area contributed by atoms with Crippen molar-refractivity contribution in [3.05, 3.63) is 54.0 Å². The van der Waals surface area contributed by atoms with Gasteiger partial charge in [0.05, 0.1) is 42.8 Å². The number of hydrogen-bond donors (Lipinski definition) is 3. The first-order valence-electron chi connectivity index (χ1n) is 10.9. The van der Waals surface area contributed by atoms with E-state index in [1.165, 1.54) is 12.3 Å². The Morgan fingerprint density at radius 2 is 1.68 bits per heavy atom. The fourth-order valence-corrected chi connectivity index (χ4v) is 3.21. The highest BCUT2D eigenvalue weighted by atomic mass is 19.4. The second-order valence-electron chi connectivity index (χ2n) is 7.59. The Kier molecular flexibility index (Phi) is 7.82. The molecule has 4 aromatic rings. The maximum absolute atomic E-state index is 13.8. The fraction of sp³-hybridized carbons (Fsp3) is 0.273. The van der Waals surface area contributed by atoms with E-state index in [0.29, 0.717) is 6.20 Å². The minimum atomic E-state index is -4.79. The summed E-state index contributed by atoms with van der Waals surface area (Å²) in [7, 11) is 0. The Balaban J connectivity index is 1.61. The van der Waals surface area contributed by atoms with Gasteiger partial charge in [0.25, 0.3) is 0 Å². The number of halogens is 6. The summed E-state index contributed by atoms with van der Waals surface area (Å²) >= 11 is 0. The topological polar surface area (TPSA) is 131 Å². The van der Waals surface area contributed by atoms with Crippen LogP contribution in [0.15, 0.2) is 42.9 Å². The largest absolute Gasteiger partial charge is 0.418 e. The number of ether oxygens (including phenoxy) is 1. The number of pyridine rings is 2. The van der Waals surface area contributed by atoms with Gasteiger partial charge in [0.1, 0.15) is 28.5 Å². The van der Waals surface area contributed by atoms with Crippen LogP contribution in [-0.2, 0) is 17.1 Å². The number of fused-ring (bicyclic) bond motifs is 1. The van der Waals surface area contributed by atoms with Crippen molar-refractivity contribution in [1.29, 1.82) is 0 Å². The van der Waals surface area contributed by atoms with Gasteiger partial charge >= 0.3 is 12.4 Å². The van der Waals surface area contributed by atoms with E-state index < -0.39 is 29.2 Å². The summed E-state index contributed by atoms with van der Waals surface area (Å²) in [6.07, 6.45) is -6.32. The van der Waals surface area contributed by atoms with E-state index in [4.69, 9.17) is 9.84 Å². The van der Waals surface area contributed by atoms with Gasteiger partial charge in [-0.1, -0.05) is 0 Å². The summed E-state index contributed by atoms with van der Waals surface area (Å²) in [6, 6.07) is 4.21. The van der Waals surface area contributed by atoms with Gasteiger partial charge in [-0.3, -0.25) is 0 Å². The number of aliphatic hydroxyl groups excluding tert-OH is 1. The van der Waals surface area contributed by atoms with Gasteiger partial charge in [-0.25, -0.2) is 19.9 Å². The van der Waals surface area contributed by atoms with E-state index >= 15 is 0 Å². The number of anilines is 3. The molecule has 4 rings (SSSR count). The van der Waals surface area contributed by atoms with Crippen LogP contribution in [0.4, 0.5) is 43.7 Å². The summed E-state index contributed by atoms with van der Waals surface area (Å²) < 4.78 is 84.8. The molecule has 0 saturated carbocycles. The van der Waals surface area contributed by atoms with Crippen LogP contribution in [0.25, 0.3) is 22.6 Å². The van der Waals surface area contributed by atoms with Crippen LogP contribution in [0, 0.1) is 0 Å². The van der Waals surface area contributed by atoms with Crippen LogP contribution in [0.5, 0.6) is 0 Å². The smallest absolute Gasteiger partial charge is 0.394 e. The molecular formula is C22H18F6N8O2. The summed E-state index contributed by atoms with van der Waals surface area (Å²) in [4.78, 5) is 16.1. The van der Waals surface area contributed by atoms with Crippen molar-refractivity contribution in [1.82, 2.24) is 30.1 Å². The molecule has 4 aromatic heterocycles. The highest BCUT2D eigenvalue weighted by Gasteiger charge is 2.36. The van der Waals surface area contributed by atoms with Gasteiger partial charge in [0.2, 0.25) is 0 Å². The summed E-state index contributed by atoms with van der Waals surface area (Å²) in [5.74, 6) is -0.0671. The standard InChI is InChI=1S/C22H18F6N8O2/c23-21(24,25)12-1-2-16(31-10-12)33-14-3-4-30-20-19(14)32-11-15(34-20)18-13(22(26,27)28)9-17(35-36-18)29-5-7-38-8-6-37/h1-4,9-11,37H,5-8H2,(H,29,35)(H,30,31,33,34). The Hall–Kier alpha value is -4.18. The molecule has 0 spiro atoms. The Morgan fingerprint density at radius 3 is 2.37 bits per heavy atom. The van der Waals surface area contributed by atoms with Gasteiger partial charge in [-0.05, 0) is 24.3 Å². The average molecular weight is 540 g/mol. The molecule has 0 fully saturated rings. The number of rotatable bonds is 9. The summed E-state index contributed by atoms with van der Waals surface area (Å²) in [5.41, 5.74) is -2.48. The van der Waals surface area contributed by atoms with E-state index in [1.807, 2.05) is 0 Å². The molecule has 0 aliphatic heterocycles. The molecule has 4 heterocycles. The predicted molar refractivity (Wildman–Crippen MR) is 122 cm³/mol. The van der Waals surface area contributed by atoms with Gasteiger partial charge in [-0.2, -0.15) is 26.3 Å². The third-order valence-corrected chi connectivity index (χ3v) is 4.93. The van der Waals surface area contributed by atoms with Gasteiger partial charge in [0, 0.05) is 18.9 Å². The quantitative estimate of drug-likeness (QED) is 0.211. The SMILES string of the molecule is OCCOCCNc1cc(C(F)(F)F)c(-c2cnc3c(Nc4ccc(C(F)(F)F)cn4)ccnc3n2)nn1. The first-order valence-corrected chi connectivity index (χ1v) is 10.9. The van der Waals surface area contributed by atoms with Crippen molar-refractivity contribution < 1.29 is 36.2 Å². The molecule has 16 heteroatoms. The van der Waals surface area contributed by atoms with Crippen molar-refractivity contribution in [3.63, 3.8) is 0 Å². The molecule has 10 nitrogen and oxygen atoms in total. The predicted octanol–water partition coefficient (Wildman–Crippen LogP) is 4.08. The lowest BCUT2D eigenvalue weighted by Gasteiger charge is -2.14. The van der Waals surface area contributed by atoms with Crippen LogP contribution < -0.4 is 10.6 Å². The number of nitrogens with zero attached hydrogens (tertiary/aromatic N) is 6. The number of aromatic nitrogens is 6. The third kappa shape index (κ3) is 6.38. The maximum atomic E-state index is 13.8. The van der Waals surface area contributed by atoms with Gasteiger partial charge < -0.3 is 20.5 Å². The molecule has 3 N–H and O–H groups in total. The zero-order chi connectivity index (χ0) is 27.3. The second-order valence-corrected chi connectivity index (χ2v) is 7.59. The minimum Gasteiger partial charge on any atom is -0.394 e. The van der Waals surface area contributed by atoms with Crippen LogP contribution in [0.1, 0.15) is 11.1 Å². The van der Waals surface area contributed by atoms with Crippen LogP contribution >= 0.6 is 0 Å². The molecule has 0 aliphatic carbocycles. The minimum absolute atomic E-state index is 0.0439. The maximum Gasteiger partial charge on any atom is 0.418 e. The fourth-order valence-electron chi connectivity index (χ4n) is 3.21. The molecule has 0 atom stereocenters. The second kappa shape index (κ2) is 11.1. The lowest BCUT2D eigenvalue weighted by molar-refractivity contribution is -0.138. The number of nitrogens with one attached hydrogen (secondary N) is 2. The van der Waals surface area contributed by atoms with Crippen molar-refractivity contribution in [3.8, 4) is 11.4 Å². The van der Waals surface area contributed by atoms with Crippen LogP contribution in [0.2, 0.25) is 0 Å². The average Bonchev–Trinajstić information content (AvgIpc) is 2.88. The van der Waals surface area contributed by atoms with Gasteiger partial charge in [0.15, 0.2) is 5.65 Å². The molecule has 38 heavy (non-hydrogen) atoms. The van der Waals surface area contributed by atoms with Crippen LogP contribution in [0.3, 0.4) is 0 Å². The Bertz CT molecular complexity index is 1400. The first kappa shape index (κ1) is 26.9. The molecule has 0 unspecified atom stereocenters. The van der Waals surface area contributed by atoms with Crippen LogP contribution in [-0.4, -0.2) is 61.6 Å². The van der Waals surface area contributed by atoms with Gasteiger partial charge in [-0.15, -0.1) is 10.2 Å². The van der Waals surface area contributed by atoms with E-state index in [2.05, 4.69) is 40.8 Å². The van der Waals surface area contributed by atoms with E-state index in [9.17, 15) is 26.3 Å². The zero-order valence-corrected chi connectivity index (χ0v) is 19.2. The molecule has 0 aromatic carbocycles. The molecular weight excluding hydrogens is 522 g/mol. The van der Waals surface area contributed by atoms with Crippen molar-refractivity contribution in [2.75, 3.05) is 37.0 Å². The zero-order valence-electron chi connectivity index (χ0n) is 19.2. The molecule has 200 valence electrons. The number of alkyl halides is 6. The number of aliphatic hydroxyl groups is 1. The summed E-state index contributed by atoms with van der Waals surface area (Å²) in [6.45, 7) is 0.171. The van der Waals surface area contributed by atoms with E-state index in [0.717, 1.165) is 24.4 Å². The van der Waals surface area contributed by atoms with Crippen molar-refractivity contribution in [2.24, 2.45) is 0 Å². The monoisotopic (exact) mass is 540 g/mol. The number of hydrogen-bond acceptors (Lipinski definition) is 10. The highest BCUT2D eigenvalue weighted by molar-refractivity contribution is 5.87. The van der Waals surface area contributed by atoms with E-state index in [-0.39, 0.29) is 60.5 Å². The van der Waals surface area contributed by atoms with Crippen molar-refractivity contribution in [2.45, 2.75) is 12.4 Å². The molecule has 0 radical (unpaired) electrons. The first-order chi connectivity index (χ1) is 18.1. The third-order valence-electron chi connectivity index (χ3n) is 4.93. The summed E-state index contributed by atoms with van der Waals surface area (Å²) in [5, 5.41) is 21.6. The highest BCUT2D eigenvalue weighted by Crippen LogP contribution is 2.36. The Morgan fingerprint density at radius 1 is 0.868 bits per heavy atom.